The zero-order valence-corrected chi connectivity index (χ0v) is 13.5. The predicted octanol–water partition coefficient (Wildman–Crippen LogP) is 3.41. The van der Waals surface area contributed by atoms with Gasteiger partial charge in [-0.3, -0.25) is 0 Å². The molecule has 2 unspecified atom stereocenters. The van der Waals surface area contributed by atoms with Crippen molar-refractivity contribution < 1.29 is 5.11 Å². The number of aryl methyl sites for hydroxylation is 1. The highest BCUT2D eigenvalue weighted by molar-refractivity contribution is 5.85. The summed E-state index contributed by atoms with van der Waals surface area (Å²) in [5, 5.41) is 11.6. The van der Waals surface area contributed by atoms with Crippen LogP contribution in [0.25, 0.3) is 10.9 Å². The van der Waals surface area contributed by atoms with E-state index in [1.807, 2.05) is 59.3 Å². The highest BCUT2D eigenvalue weighted by Crippen LogP contribution is 2.31. The lowest BCUT2D eigenvalue weighted by Crippen LogP contribution is -2.52. The molecule has 3 N–H and O–H groups in total. The maximum Gasteiger partial charge on any atom is 0.145 e. The average Bonchev–Trinajstić information content (AvgIpc) is 2.85. The molecule has 0 spiro atoms. The Balaban J connectivity index is 0.00000176. The van der Waals surface area contributed by atoms with Gasteiger partial charge in [0.15, 0.2) is 0 Å². The van der Waals surface area contributed by atoms with Crippen molar-refractivity contribution in [1.82, 2.24) is 4.57 Å². The standard InChI is InChI=1S/C18H20N2O.ClH/c1-13-12-20(17-11-7-6-10-16(13)17)18(19,14(2)21)15-8-4-3-5-9-15;/h3-12,14,21H,19H2,1-2H3;1H. The van der Waals surface area contributed by atoms with Gasteiger partial charge in [0.05, 0.1) is 11.6 Å². The number of hydrogen-bond donors (Lipinski definition) is 2. The molecule has 1 heterocycles. The molecule has 22 heavy (non-hydrogen) atoms. The van der Waals surface area contributed by atoms with Crippen LogP contribution < -0.4 is 5.73 Å². The summed E-state index contributed by atoms with van der Waals surface area (Å²) in [6.45, 7) is 3.80. The van der Waals surface area contributed by atoms with E-state index in [0.29, 0.717) is 0 Å². The van der Waals surface area contributed by atoms with Crippen molar-refractivity contribution in [3.8, 4) is 0 Å². The number of hydrogen-bond acceptors (Lipinski definition) is 2. The number of aliphatic hydroxyl groups is 1. The molecule has 0 bridgehead atoms. The van der Waals surface area contributed by atoms with E-state index in [-0.39, 0.29) is 12.4 Å². The molecule has 3 aromatic rings. The average molecular weight is 317 g/mol. The van der Waals surface area contributed by atoms with Crippen LogP contribution in [-0.4, -0.2) is 15.8 Å². The van der Waals surface area contributed by atoms with Gasteiger partial charge in [0.25, 0.3) is 0 Å². The summed E-state index contributed by atoms with van der Waals surface area (Å²) in [5.74, 6) is 0. The highest BCUT2D eigenvalue weighted by Gasteiger charge is 2.35. The Kier molecular flexibility index (Phi) is 4.61. The van der Waals surface area contributed by atoms with Gasteiger partial charge >= 0.3 is 0 Å². The summed E-state index contributed by atoms with van der Waals surface area (Å²) in [6, 6.07) is 17.9. The molecule has 0 aliphatic heterocycles. The van der Waals surface area contributed by atoms with E-state index >= 15 is 0 Å². The Hall–Kier alpha value is -1.81. The van der Waals surface area contributed by atoms with Gasteiger partial charge in [-0.25, -0.2) is 0 Å². The molecule has 3 nitrogen and oxygen atoms in total. The molecule has 0 saturated heterocycles. The third-order valence-electron chi connectivity index (χ3n) is 4.18. The quantitative estimate of drug-likeness (QED) is 0.778. The van der Waals surface area contributed by atoms with Gasteiger partial charge in [-0.15, -0.1) is 12.4 Å². The molecule has 0 aliphatic carbocycles. The second-order valence-electron chi connectivity index (χ2n) is 5.57. The predicted molar refractivity (Wildman–Crippen MR) is 93.3 cm³/mol. The van der Waals surface area contributed by atoms with Gasteiger partial charge in [0.1, 0.15) is 5.66 Å². The van der Waals surface area contributed by atoms with Crippen molar-refractivity contribution in [2.75, 3.05) is 0 Å². The lowest BCUT2D eigenvalue weighted by Gasteiger charge is -2.35. The summed E-state index contributed by atoms with van der Waals surface area (Å²) >= 11 is 0. The maximum atomic E-state index is 10.4. The number of benzene rings is 2. The maximum absolute atomic E-state index is 10.4. The first-order chi connectivity index (χ1) is 10.0. The number of para-hydroxylation sites is 1. The van der Waals surface area contributed by atoms with Crippen molar-refractivity contribution in [3.63, 3.8) is 0 Å². The Morgan fingerprint density at radius 2 is 1.64 bits per heavy atom. The van der Waals surface area contributed by atoms with Crippen LogP contribution in [0.15, 0.2) is 60.8 Å². The zero-order chi connectivity index (χ0) is 15.0. The van der Waals surface area contributed by atoms with Crippen LogP contribution in [0.2, 0.25) is 0 Å². The largest absolute Gasteiger partial charge is 0.389 e. The van der Waals surface area contributed by atoms with Crippen molar-refractivity contribution in [2.45, 2.75) is 25.6 Å². The first-order valence-electron chi connectivity index (χ1n) is 7.15. The summed E-state index contributed by atoms with van der Waals surface area (Å²) < 4.78 is 1.98. The topological polar surface area (TPSA) is 51.2 Å². The number of halogens is 1. The van der Waals surface area contributed by atoms with E-state index in [1.165, 1.54) is 0 Å². The molecular formula is C18H21ClN2O. The third-order valence-corrected chi connectivity index (χ3v) is 4.18. The monoisotopic (exact) mass is 316 g/mol. The first kappa shape index (κ1) is 16.6. The van der Waals surface area contributed by atoms with Gasteiger partial charge < -0.3 is 15.4 Å². The Bertz CT molecular complexity index is 767. The van der Waals surface area contributed by atoms with Gasteiger partial charge in [-0.1, -0.05) is 48.5 Å². The third kappa shape index (κ3) is 2.41. The minimum absolute atomic E-state index is 0. The van der Waals surface area contributed by atoms with Crippen molar-refractivity contribution in [3.05, 3.63) is 71.9 Å². The molecule has 4 heteroatoms. The number of aliphatic hydroxyl groups excluding tert-OH is 1. The van der Waals surface area contributed by atoms with Crippen molar-refractivity contribution >= 4 is 23.3 Å². The van der Waals surface area contributed by atoms with Crippen LogP contribution >= 0.6 is 12.4 Å². The van der Waals surface area contributed by atoms with Gasteiger partial charge in [0.2, 0.25) is 0 Å². The van der Waals surface area contributed by atoms with Gasteiger partial charge in [-0.2, -0.15) is 0 Å². The van der Waals surface area contributed by atoms with Crippen LogP contribution in [0, 0.1) is 6.92 Å². The van der Waals surface area contributed by atoms with E-state index < -0.39 is 11.8 Å². The van der Waals surface area contributed by atoms with E-state index in [1.54, 1.807) is 6.92 Å². The fourth-order valence-corrected chi connectivity index (χ4v) is 2.94. The fourth-order valence-electron chi connectivity index (χ4n) is 2.94. The number of fused-ring (bicyclic) bond motifs is 1. The van der Waals surface area contributed by atoms with Crippen LogP contribution in [0.1, 0.15) is 18.1 Å². The van der Waals surface area contributed by atoms with E-state index in [2.05, 4.69) is 13.0 Å². The van der Waals surface area contributed by atoms with Crippen molar-refractivity contribution in [2.24, 2.45) is 5.73 Å². The Morgan fingerprint density at radius 1 is 1.05 bits per heavy atom. The number of nitrogens with zero attached hydrogens (tertiary/aromatic N) is 1. The highest BCUT2D eigenvalue weighted by atomic mass is 35.5. The molecule has 0 saturated carbocycles. The van der Waals surface area contributed by atoms with Crippen molar-refractivity contribution in [1.29, 1.82) is 0 Å². The Morgan fingerprint density at radius 3 is 2.27 bits per heavy atom. The number of nitrogens with two attached hydrogens (primary N) is 1. The first-order valence-corrected chi connectivity index (χ1v) is 7.15. The summed E-state index contributed by atoms with van der Waals surface area (Å²) in [4.78, 5) is 0. The van der Waals surface area contributed by atoms with Crippen LogP contribution in [0.4, 0.5) is 0 Å². The minimum atomic E-state index is -0.991. The minimum Gasteiger partial charge on any atom is -0.389 e. The summed E-state index contributed by atoms with van der Waals surface area (Å²) in [7, 11) is 0. The SMILES string of the molecule is Cc1cn(C(N)(c2ccccc2)C(C)O)c2ccccc12.Cl. The lowest BCUT2D eigenvalue weighted by atomic mass is 9.94. The fraction of sp³-hybridized carbons (Fsp3) is 0.222. The summed E-state index contributed by atoms with van der Waals surface area (Å²) in [5.41, 5.74) is 8.75. The number of rotatable bonds is 3. The molecule has 0 aliphatic rings. The van der Waals surface area contributed by atoms with E-state index in [4.69, 9.17) is 5.73 Å². The summed E-state index contributed by atoms with van der Waals surface area (Å²) in [6.07, 6.45) is 1.29. The number of aromatic nitrogens is 1. The molecule has 0 amide bonds. The molecule has 2 aromatic carbocycles. The van der Waals surface area contributed by atoms with Crippen LogP contribution in [-0.2, 0) is 5.66 Å². The normalized spacial score (nSPS) is 15.1. The Labute approximate surface area is 136 Å². The van der Waals surface area contributed by atoms with Crippen LogP contribution in [0.5, 0.6) is 0 Å². The zero-order valence-electron chi connectivity index (χ0n) is 12.7. The van der Waals surface area contributed by atoms with Crippen LogP contribution in [0.3, 0.4) is 0 Å². The second-order valence-corrected chi connectivity index (χ2v) is 5.57. The smallest absolute Gasteiger partial charge is 0.145 e. The molecule has 3 rings (SSSR count). The van der Waals surface area contributed by atoms with Gasteiger partial charge in [-0.05, 0) is 31.0 Å². The molecule has 0 radical (unpaired) electrons. The molecule has 0 fully saturated rings. The van der Waals surface area contributed by atoms with Gasteiger partial charge in [0, 0.05) is 11.6 Å². The lowest BCUT2D eigenvalue weighted by molar-refractivity contribution is 0.0824. The molecule has 116 valence electrons. The van der Waals surface area contributed by atoms with E-state index in [9.17, 15) is 5.11 Å². The molecular weight excluding hydrogens is 296 g/mol. The van der Waals surface area contributed by atoms with E-state index in [0.717, 1.165) is 22.0 Å². The second kappa shape index (κ2) is 6.13. The molecule has 2 atom stereocenters. The molecule has 1 aromatic heterocycles.